The Bertz CT molecular complexity index is 891. The second-order valence-corrected chi connectivity index (χ2v) is 8.37. The summed E-state index contributed by atoms with van der Waals surface area (Å²) in [5, 5.41) is 3.70. The van der Waals surface area contributed by atoms with Crippen molar-refractivity contribution < 1.29 is 4.74 Å². The minimum absolute atomic E-state index is 0.0196. The minimum Gasteiger partial charge on any atom is -0.485 e. The lowest BCUT2D eigenvalue weighted by Gasteiger charge is -2.37. The highest BCUT2D eigenvalue weighted by atomic mass is 16.5. The van der Waals surface area contributed by atoms with Crippen LogP contribution in [0.25, 0.3) is 16.7 Å². The van der Waals surface area contributed by atoms with Gasteiger partial charge in [-0.2, -0.15) is 0 Å². The lowest BCUT2D eigenvalue weighted by atomic mass is 9.81. The fraction of sp³-hybridized carbons (Fsp3) is 0.417. The molecule has 0 amide bonds. The molecule has 26 heavy (non-hydrogen) atoms. The summed E-state index contributed by atoms with van der Waals surface area (Å²) in [6.45, 7) is 11.1. The summed E-state index contributed by atoms with van der Waals surface area (Å²) in [7, 11) is 0. The number of anilines is 1. The van der Waals surface area contributed by atoms with Crippen molar-refractivity contribution in [2.24, 2.45) is 0 Å². The van der Waals surface area contributed by atoms with Gasteiger partial charge in [0.15, 0.2) is 0 Å². The van der Waals surface area contributed by atoms with Crippen LogP contribution in [0.4, 0.5) is 5.69 Å². The van der Waals surface area contributed by atoms with Crippen molar-refractivity contribution in [1.29, 1.82) is 0 Å². The molecule has 0 saturated heterocycles. The van der Waals surface area contributed by atoms with Gasteiger partial charge in [-0.1, -0.05) is 37.1 Å². The predicted molar refractivity (Wildman–Crippen MR) is 111 cm³/mol. The Labute approximate surface area is 157 Å². The van der Waals surface area contributed by atoms with E-state index in [1.807, 2.05) is 0 Å². The highest BCUT2D eigenvalue weighted by molar-refractivity contribution is 5.89. The van der Waals surface area contributed by atoms with E-state index in [0.717, 1.165) is 12.2 Å². The van der Waals surface area contributed by atoms with E-state index >= 15 is 0 Å². The van der Waals surface area contributed by atoms with E-state index in [1.165, 1.54) is 51.9 Å². The largest absolute Gasteiger partial charge is 0.485 e. The Hall–Kier alpha value is -2.22. The second-order valence-electron chi connectivity index (χ2n) is 8.37. The Balaban J connectivity index is 1.95. The molecule has 1 N–H and O–H groups in total. The van der Waals surface area contributed by atoms with Gasteiger partial charge in [-0.15, -0.1) is 0 Å². The minimum atomic E-state index is -0.0196. The predicted octanol–water partition coefficient (Wildman–Crippen LogP) is 6.89. The summed E-state index contributed by atoms with van der Waals surface area (Å²) in [6, 6.07) is 11.1. The normalized spacial score (nSPS) is 19.4. The van der Waals surface area contributed by atoms with Crippen LogP contribution in [0.2, 0.25) is 0 Å². The summed E-state index contributed by atoms with van der Waals surface area (Å²) in [5.74, 6) is 1.02. The molecule has 0 bridgehead atoms. The molecular formula is C24H29NO. The second kappa shape index (κ2) is 6.19. The highest BCUT2D eigenvalue weighted by Crippen LogP contribution is 2.50. The first kappa shape index (κ1) is 17.2. The van der Waals surface area contributed by atoms with Gasteiger partial charge in [0.2, 0.25) is 0 Å². The van der Waals surface area contributed by atoms with E-state index in [0.29, 0.717) is 0 Å². The van der Waals surface area contributed by atoms with Gasteiger partial charge in [-0.25, -0.2) is 0 Å². The number of allylic oxidation sites excluding steroid dienone is 1. The number of unbranched alkanes of at least 4 members (excludes halogenated alkanes) is 1. The number of hydrogen-bond donors (Lipinski definition) is 1. The molecule has 2 aliphatic heterocycles. The number of benzene rings is 2. The van der Waals surface area contributed by atoms with Gasteiger partial charge in [0, 0.05) is 22.4 Å². The van der Waals surface area contributed by atoms with Gasteiger partial charge in [-0.3, -0.25) is 0 Å². The number of nitrogens with one attached hydrogen (secondary N) is 1. The van der Waals surface area contributed by atoms with Crippen molar-refractivity contribution in [3.8, 4) is 16.9 Å². The molecule has 0 aromatic heterocycles. The third-order valence-corrected chi connectivity index (χ3v) is 5.51. The van der Waals surface area contributed by atoms with Crippen LogP contribution in [-0.2, 0) is 0 Å². The van der Waals surface area contributed by atoms with Gasteiger partial charge in [0.1, 0.15) is 11.9 Å². The summed E-state index contributed by atoms with van der Waals surface area (Å²) in [4.78, 5) is 0. The monoisotopic (exact) mass is 347 g/mol. The molecule has 1 atom stereocenters. The van der Waals surface area contributed by atoms with Crippen LogP contribution in [0.1, 0.15) is 69.8 Å². The van der Waals surface area contributed by atoms with Gasteiger partial charge in [0.25, 0.3) is 0 Å². The van der Waals surface area contributed by atoms with Crippen LogP contribution in [0.5, 0.6) is 5.75 Å². The molecule has 2 aromatic rings. The summed E-state index contributed by atoms with van der Waals surface area (Å²) in [5.41, 5.74) is 9.11. The molecule has 2 aromatic carbocycles. The van der Waals surface area contributed by atoms with Crippen LogP contribution in [0.3, 0.4) is 0 Å². The Kier molecular flexibility index (Phi) is 4.10. The molecule has 0 aliphatic carbocycles. The quantitative estimate of drug-likeness (QED) is 0.652. The number of aryl methyl sites for hydroxylation is 1. The molecule has 2 heteroatoms. The van der Waals surface area contributed by atoms with Crippen LogP contribution in [0, 0.1) is 6.92 Å². The first-order valence-electron chi connectivity index (χ1n) is 9.82. The first-order chi connectivity index (χ1) is 12.4. The maximum Gasteiger partial charge on any atom is 0.128 e. The zero-order chi connectivity index (χ0) is 18.5. The lowest BCUT2D eigenvalue weighted by Crippen LogP contribution is -2.32. The fourth-order valence-electron chi connectivity index (χ4n) is 4.48. The summed E-state index contributed by atoms with van der Waals surface area (Å²) < 4.78 is 6.53. The van der Waals surface area contributed by atoms with Gasteiger partial charge in [-0.05, 0) is 69.9 Å². The van der Waals surface area contributed by atoms with Crippen molar-refractivity contribution >= 4 is 11.3 Å². The molecule has 2 aliphatic rings. The third-order valence-electron chi connectivity index (χ3n) is 5.51. The van der Waals surface area contributed by atoms with Crippen molar-refractivity contribution in [1.82, 2.24) is 0 Å². The van der Waals surface area contributed by atoms with E-state index in [2.05, 4.69) is 76.3 Å². The fourth-order valence-corrected chi connectivity index (χ4v) is 4.48. The number of ether oxygens (including phenoxy) is 1. The van der Waals surface area contributed by atoms with Crippen molar-refractivity contribution in [2.45, 2.75) is 65.5 Å². The molecule has 0 spiro atoms. The van der Waals surface area contributed by atoms with Crippen LogP contribution < -0.4 is 10.1 Å². The van der Waals surface area contributed by atoms with E-state index in [1.54, 1.807) is 0 Å². The molecule has 4 rings (SSSR count). The van der Waals surface area contributed by atoms with Crippen LogP contribution in [-0.4, -0.2) is 5.54 Å². The number of fused-ring (bicyclic) bond motifs is 5. The summed E-state index contributed by atoms with van der Waals surface area (Å²) in [6.07, 6.45) is 5.89. The maximum absolute atomic E-state index is 6.53. The highest BCUT2D eigenvalue weighted by Gasteiger charge is 2.33. The Morgan fingerprint density at radius 3 is 2.65 bits per heavy atom. The molecular weight excluding hydrogens is 318 g/mol. The molecule has 0 radical (unpaired) electrons. The molecule has 2 nitrogen and oxygen atoms in total. The molecule has 136 valence electrons. The van der Waals surface area contributed by atoms with E-state index in [9.17, 15) is 0 Å². The molecule has 0 fully saturated rings. The zero-order valence-corrected chi connectivity index (χ0v) is 16.6. The Morgan fingerprint density at radius 1 is 1.08 bits per heavy atom. The molecule has 0 saturated carbocycles. The van der Waals surface area contributed by atoms with E-state index in [4.69, 9.17) is 4.74 Å². The number of hydrogen-bond acceptors (Lipinski definition) is 2. The van der Waals surface area contributed by atoms with E-state index < -0.39 is 0 Å². The Morgan fingerprint density at radius 2 is 1.88 bits per heavy atom. The van der Waals surface area contributed by atoms with Crippen LogP contribution in [0.15, 0.2) is 36.4 Å². The van der Waals surface area contributed by atoms with Crippen LogP contribution >= 0.6 is 0 Å². The average molecular weight is 348 g/mol. The van der Waals surface area contributed by atoms with Gasteiger partial charge >= 0.3 is 0 Å². The molecule has 2 heterocycles. The summed E-state index contributed by atoms with van der Waals surface area (Å²) >= 11 is 0. The van der Waals surface area contributed by atoms with Gasteiger partial charge in [0.05, 0.1) is 5.54 Å². The maximum atomic E-state index is 6.53. The topological polar surface area (TPSA) is 21.3 Å². The third kappa shape index (κ3) is 2.82. The van der Waals surface area contributed by atoms with Gasteiger partial charge < -0.3 is 10.1 Å². The lowest BCUT2D eigenvalue weighted by molar-refractivity contribution is 0.188. The zero-order valence-electron chi connectivity index (χ0n) is 16.6. The van der Waals surface area contributed by atoms with E-state index in [-0.39, 0.29) is 11.6 Å². The van der Waals surface area contributed by atoms with Crippen molar-refractivity contribution in [2.75, 3.05) is 5.32 Å². The standard InChI is InChI=1S/C24H29NO/c1-6-7-8-21-23-17(18-13-15(2)9-12-20(18)26-21)10-11-19-22(23)16(3)14-24(4,5)25-19/h9-14,21,25H,6-8H2,1-5H3/t21-/m1/s1. The van der Waals surface area contributed by atoms with Crippen molar-refractivity contribution in [3.05, 3.63) is 53.1 Å². The average Bonchev–Trinajstić information content (AvgIpc) is 2.58. The number of rotatable bonds is 3. The first-order valence-corrected chi connectivity index (χ1v) is 9.82. The molecule has 0 unspecified atom stereocenters. The SMILES string of the molecule is CCCC[C@H]1Oc2ccc(C)cc2-c2ccc3c(c21)C(C)=CC(C)(C)N3. The van der Waals surface area contributed by atoms with Crippen molar-refractivity contribution in [3.63, 3.8) is 0 Å². The smallest absolute Gasteiger partial charge is 0.128 e.